The Morgan fingerprint density at radius 1 is 1.13 bits per heavy atom. The Kier molecular flexibility index (Phi) is 4.02. The van der Waals surface area contributed by atoms with Crippen LogP contribution in [0.15, 0.2) is 36.7 Å². The summed E-state index contributed by atoms with van der Waals surface area (Å²) in [5.74, 6) is 1.43. The molecule has 3 aromatic rings. The van der Waals surface area contributed by atoms with Crippen LogP contribution in [0, 0.1) is 25.2 Å². The molecule has 0 atom stereocenters. The van der Waals surface area contributed by atoms with Crippen LogP contribution in [0.25, 0.3) is 11.3 Å². The highest BCUT2D eigenvalue weighted by Crippen LogP contribution is 2.21. The van der Waals surface area contributed by atoms with Crippen LogP contribution >= 0.6 is 0 Å². The third-order valence-electron chi connectivity index (χ3n) is 3.52. The molecule has 6 heteroatoms. The van der Waals surface area contributed by atoms with E-state index in [0.29, 0.717) is 17.9 Å². The van der Waals surface area contributed by atoms with Crippen molar-refractivity contribution in [3.8, 4) is 17.3 Å². The molecule has 0 aliphatic carbocycles. The highest BCUT2D eigenvalue weighted by molar-refractivity contribution is 5.64. The smallest absolute Gasteiger partial charge is 0.144 e. The zero-order valence-corrected chi connectivity index (χ0v) is 13.0. The number of pyridine rings is 2. The Bertz CT molecular complexity index is 861. The Hall–Kier alpha value is -3.20. The minimum Gasteiger partial charge on any atom is -0.363 e. The summed E-state index contributed by atoms with van der Waals surface area (Å²) in [4.78, 5) is 16.2. The van der Waals surface area contributed by atoms with Crippen LogP contribution in [0.5, 0.6) is 0 Å². The van der Waals surface area contributed by atoms with Crippen LogP contribution in [0.4, 0.5) is 5.82 Å². The van der Waals surface area contributed by atoms with Gasteiger partial charge in [0.2, 0.25) is 0 Å². The zero-order valence-electron chi connectivity index (χ0n) is 13.0. The molecule has 3 heterocycles. The van der Waals surface area contributed by atoms with E-state index in [1.165, 1.54) is 0 Å². The first-order valence-electron chi connectivity index (χ1n) is 7.25. The average molecular weight is 304 g/mol. The summed E-state index contributed by atoms with van der Waals surface area (Å²) in [5.41, 5.74) is 4.19. The number of aromatic nitrogens is 4. The van der Waals surface area contributed by atoms with Crippen LogP contribution < -0.4 is 5.32 Å². The third kappa shape index (κ3) is 3.19. The van der Waals surface area contributed by atoms with Crippen molar-refractivity contribution in [2.24, 2.45) is 0 Å². The lowest BCUT2D eigenvalue weighted by molar-refractivity contribution is 1.02. The van der Waals surface area contributed by atoms with Crippen LogP contribution in [0.3, 0.4) is 0 Å². The van der Waals surface area contributed by atoms with Crippen molar-refractivity contribution in [1.82, 2.24) is 19.9 Å². The normalized spacial score (nSPS) is 10.3. The fourth-order valence-corrected chi connectivity index (χ4v) is 2.36. The first kappa shape index (κ1) is 14.7. The quantitative estimate of drug-likeness (QED) is 0.773. The van der Waals surface area contributed by atoms with E-state index in [0.717, 1.165) is 28.5 Å². The predicted molar refractivity (Wildman–Crippen MR) is 87.6 cm³/mol. The van der Waals surface area contributed by atoms with Crippen molar-refractivity contribution in [3.63, 3.8) is 0 Å². The van der Waals surface area contributed by atoms with Gasteiger partial charge in [-0.1, -0.05) is 0 Å². The summed E-state index contributed by atoms with van der Waals surface area (Å²) in [6.45, 7) is 4.40. The van der Waals surface area contributed by atoms with E-state index in [4.69, 9.17) is 0 Å². The molecule has 0 saturated heterocycles. The summed E-state index contributed by atoms with van der Waals surface area (Å²) in [6, 6.07) is 9.55. The second kappa shape index (κ2) is 6.28. The van der Waals surface area contributed by atoms with Gasteiger partial charge in [0, 0.05) is 23.7 Å². The Morgan fingerprint density at radius 2 is 1.91 bits per heavy atom. The monoisotopic (exact) mass is 304 g/mol. The fraction of sp³-hybridized carbons (Fsp3) is 0.176. The summed E-state index contributed by atoms with van der Waals surface area (Å²) < 4.78 is 0. The topological polar surface area (TPSA) is 90.3 Å². The minimum atomic E-state index is 0.507. The summed E-state index contributed by atoms with van der Waals surface area (Å²) >= 11 is 0. The van der Waals surface area contributed by atoms with Gasteiger partial charge in [-0.3, -0.25) is 4.98 Å². The van der Waals surface area contributed by atoms with Gasteiger partial charge in [0.1, 0.15) is 17.7 Å². The highest BCUT2D eigenvalue weighted by Gasteiger charge is 2.09. The van der Waals surface area contributed by atoms with Gasteiger partial charge in [-0.15, -0.1) is 0 Å². The van der Waals surface area contributed by atoms with E-state index in [2.05, 4.69) is 31.3 Å². The number of nitrogens with one attached hydrogen (secondary N) is 2. The molecule has 3 aromatic heterocycles. The summed E-state index contributed by atoms with van der Waals surface area (Å²) in [7, 11) is 0. The molecular formula is C17H16N6. The van der Waals surface area contributed by atoms with Crippen molar-refractivity contribution in [1.29, 1.82) is 5.26 Å². The molecule has 2 N–H and O–H groups in total. The first-order valence-corrected chi connectivity index (χ1v) is 7.25. The maximum atomic E-state index is 9.27. The van der Waals surface area contributed by atoms with Gasteiger partial charge >= 0.3 is 0 Å². The van der Waals surface area contributed by atoms with Gasteiger partial charge < -0.3 is 10.3 Å². The lowest BCUT2D eigenvalue weighted by Gasteiger charge is -2.09. The molecule has 3 rings (SSSR count). The second-order valence-corrected chi connectivity index (χ2v) is 5.19. The minimum absolute atomic E-state index is 0.507. The van der Waals surface area contributed by atoms with E-state index >= 15 is 0 Å². The summed E-state index contributed by atoms with van der Waals surface area (Å²) in [6.07, 6.45) is 3.44. The largest absolute Gasteiger partial charge is 0.363 e. The van der Waals surface area contributed by atoms with Crippen molar-refractivity contribution < 1.29 is 0 Å². The molecule has 6 nitrogen and oxygen atoms in total. The van der Waals surface area contributed by atoms with Crippen molar-refractivity contribution in [3.05, 3.63) is 59.4 Å². The van der Waals surface area contributed by atoms with E-state index < -0.39 is 0 Å². The third-order valence-corrected chi connectivity index (χ3v) is 3.52. The van der Waals surface area contributed by atoms with E-state index in [1.807, 2.05) is 32.0 Å². The number of nitrogens with zero attached hydrogens (tertiary/aromatic N) is 4. The van der Waals surface area contributed by atoms with E-state index in [9.17, 15) is 5.26 Å². The lowest BCUT2D eigenvalue weighted by atomic mass is 10.1. The summed E-state index contributed by atoms with van der Waals surface area (Å²) in [5, 5.41) is 12.5. The molecule has 0 aliphatic rings. The molecule has 0 spiro atoms. The van der Waals surface area contributed by atoms with Gasteiger partial charge in [0.05, 0.1) is 23.5 Å². The number of rotatable bonds is 4. The van der Waals surface area contributed by atoms with Crippen LogP contribution in [0.2, 0.25) is 0 Å². The standard InChI is InChI=1S/C17H16N6/c1-11-16(22-12(2)21-11)10-20-17-14(9-18)3-4-15(23-17)13-5-7-19-8-6-13/h3-8H,10H2,1-2H3,(H,20,23)(H,21,22). The van der Waals surface area contributed by atoms with Crippen molar-refractivity contribution >= 4 is 5.82 Å². The highest BCUT2D eigenvalue weighted by atomic mass is 15.0. The average Bonchev–Trinajstić information content (AvgIpc) is 2.91. The van der Waals surface area contributed by atoms with Crippen LogP contribution in [-0.4, -0.2) is 19.9 Å². The molecule has 0 amide bonds. The van der Waals surface area contributed by atoms with Gasteiger partial charge in [-0.05, 0) is 38.1 Å². The maximum absolute atomic E-state index is 9.27. The lowest BCUT2D eigenvalue weighted by Crippen LogP contribution is -2.05. The number of hydrogen-bond acceptors (Lipinski definition) is 5. The molecular weight excluding hydrogens is 288 g/mol. The number of aryl methyl sites for hydroxylation is 2. The van der Waals surface area contributed by atoms with E-state index in [-0.39, 0.29) is 0 Å². The number of imidazole rings is 1. The van der Waals surface area contributed by atoms with Crippen LogP contribution in [-0.2, 0) is 6.54 Å². The molecule has 0 aliphatic heterocycles. The molecule has 0 unspecified atom stereocenters. The second-order valence-electron chi connectivity index (χ2n) is 5.19. The van der Waals surface area contributed by atoms with Crippen LogP contribution in [0.1, 0.15) is 22.8 Å². The predicted octanol–water partition coefficient (Wildman–Crippen LogP) is 2.97. The van der Waals surface area contributed by atoms with Gasteiger partial charge in [-0.25, -0.2) is 9.97 Å². The van der Waals surface area contributed by atoms with E-state index in [1.54, 1.807) is 18.5 Å². The molecule has 114 valence electrons. The Morgan fingerprint density at radius 3 is 2.57 bits per heavy atom. The first-order chi connectivity index (χ1) is 11.2. The van der Waals surface area contributed by atoms with Crippen molar-refractivity contribution in [2.75, 3.05) is 5.32 Å². The van der Waals surface area contributed by atoms with Gasteiger partial charge in [0.15, 0.2) is 0 Å². The molecule has 0 saturated carbocycles. The molecule has 0 aromatic carbocycles. The number of hydrogen-bond donors (Lipinski definition) is 2. The SMILES string of the molecule is Cc1nc(CNc2nc(-c3ccncc3)ccc2C#N)c(C)[nH]1. The Balaban J connectivity index is 1.88. The number of anilines is 1. The zero-order chi connectivity index (χ0) is 16.2. The fourth-order valence-electron chi connectivity index (χ4n) is 2.36. The number of nitriles is 1. The number of H-pyrrole nitrogens is 1. The van der Waals surface area contributed by atoms with Crippen molar-refractivity contribution in [2.45, 2.75) is 20.4 Å². The van der Waals surface area contributed by atoms with Gasteiger partial charge in [-0.2, -0.15) is 5.26 Å². The van der Waals surface area contributed by atoms with Gasteiger partial charge in [0.25, 0.3) is 0 Å². The Labute approximate surface area is 134 Å². The molecule has 0 radical (unpaired) electrons. The number of aromatic amines is 1. The molecule has 23 heavy (non-hydrogen) atoms. The molecule has 0 fully saturated rings. The maximum Gasteiger partial charge on any atom is 0.144 e. The molecule has 0 bridgehead atoms.